The number of anilines is 2. The number of cyclic esters (lactones) is 1. The quantitative estimate of drug-likeness (QED) is 0.673. The summed E-state index contributed by atoms with van der Waals surface area (Å²) in [4.78, 5) is 28.8. The van der Waals surface area contributed by atoms with Crippen LogP contribution in [0.15, 0.2) is 18.3 Å². The van der Waals surface area contributed by atoms with E-state index in [9.17, 15) is 9.59 Å². The Kier molecular flexibility index (Phi) is 6.79. The molecule has 4 rings (SSSR count). The molecule has 1 atom stereocenters. The molecule has 190 valence electrons. The van der Waals surface area contributed by atoms with Crippen molar-refractivity contribution in [2.45, 2.75) is 45.6 Å². The van der Waals surface area contributed by atoms with Crippen molar-refractivity contribution in [2.75, 3.05) is 42.5 Å². The van der Waals surface area contributed by atoms with Crippen molar-refractivity contribution in [3.05, 3.63) is 35.7 Å². The molecule has 0 unspecified atom stereocenters. The minimum atomic E-state index is -0.814. The van der Waals surface area contributed by atoms with E-state index in [0.717, 1.165) is 17.0 Å². The van der Waals surface area contributed by atoms with Crippen molar-refractivity contribution in [1.29, 1.82) is 0 Å². The SMILES string of the molecule is CC(C)(C)OC(=O)N1CCN(c2c(F)cc(N3C[C@H](Cn4cc(CO)nn4)OC3=O)cc2F)CC1. The van der Waals surface area contributed by atoms with Crippen molar-refractivity contribution >= 4 is 23.6 Å². The summed E-state index contributed by atoms with van der Waals surface area (Å²) in [5, 5.41) is 16.7. The fraction of sp³-hybridized carbons (Fsp3) is 0.545. The fourth-order valence-electron chi connectivity index (χ4n) is 3.99. The Morgan fingerprint density at radius 3 is 2.43 bits per heavy atom. The molecule has 13 heteroatoms. The number of hydrogen-bond donors (Lipinski definition) is 1. The largest absolute Gasteiger partial charge is 0.444 e. The first kappa shape index (κ1) is 24.6. The fourth-order valence-corrected chi connectivity index (χ4v) is 3.99. The molecule has 0 radical (unpaired) electrons. The molecule has 2 saturated heterocycles. The van der Waals surface area contributed by atoms with Crippen LogP contribution in [0, 0.1) is 11.6 Å². The summed E-state index contributed by atoms with van der Waals surface area (Å²) in [6.07, 6.45) is -0.279. The Labute approximate surface area is 200 Å². The smallest absolute Gasteiger partial charge is 0.414 e. The normalized spacial score (nSPS) is 18.7. The Hall–Kier alpha value is -3.48. The van der Waals surface area contributed by atoms with Gasteiger partial charge in [-0.3, -0.25) is 4.90 Å². The first-order valence-electron chi connectivity index (χ1n) is 11.2. The van der Waals surface area contributed by atoms with E-state index in [-0.39, 0.29) is 57.3 Å². The maximum Gasteiger partial charge on any atom is 0.414 e. The van der Waals surface area contributed by atoms with Gasteiger partial charge >= 0.3 is 12.2 Å². The lowest BCUT2D eigenvalue weighted by atomic mass is 10.2. The first-order valence-corrected chi connectivity index (χ1v) is 11.2. The van der Waals surface area contributed by atoms with Gasteiger partial charge in [0.1, 0.15) is 23.1 Å². The number of benzene rings is 1. The second kappa shape index (κ2) is 9.64. The summed E-state index contributed by atoms with van der Waals surface area (Å²) in [5.74, 6) is -1.63. The lowest BCUT2D eigenvalue weighted by molar-refractivity contribution is 0.0240. The van der Waals surface area contributed by atoms with E-state index < -0.39 is 35.5 Å². The van der Waals surface area contributed by atoms with Crippen molar-refractivity contribution in [2.24, 2.45) is 0 Å². The van der Waals surface area contributed by atoms with Gasteiger partial charge in [-0.1, -0.05) is 5.21 Å². The number of nitrogens with zero attached hydrogens (tertiary/aromatic N) is 6. The monoisotopic (exact) mass is 494 g/mol. The molecule has 2 aromatic rings. The van der Waals surface area contributed by atoms with Crippen LogP contribution < -0.4 is 9.80 Å². The molecule has 1 N–H and O–H groups in total. The maximum atomic E-state index is 15.0. The molecule has 2 aliphatic heterocycles. The molecule has 2 amide bonds. The molecule has 35 heavy (non-hydrogen) atoms. The number of hydrogen-bond acceptors (Lipinski definition) is 8. The zero-order chi connectivity index (χ0) is 25.3. The summed E-state index contributed by atoms with van der Waals surface area (Å²) in [7, 11) is 0. The lowest BCUT2D eigenvalue weighted by Gasteiger charge is -2.37. The van der Waals surface area contributed by atoms with Crippen LogP contribution in [0.4, 0.5) is 29.7 Å². The lowest BCUT2D eigenvalue weighted by Crippen LogP contribution is -2.50. The minimum Gasteiger partial charge on any atom is -0.444 e. The molecule has 2 fully saturated rings. The van der Waals surface area contributed by atoms with Gasteiger partial charge in [-0.25, -0.2) is 23.1 Å². The molecule has 0 spiro atoms. The van der Waals surface area contributed by atoms with Crippen LogP contribution >= 0.6 is 0 Å². The van der Waals surface area contributed by atoms with Crippen molar-refractivity contribution in [1.82, 2.24) is 19.9 Å². The summed E-state index contributed by atoms with van der Waals surface area (Å²) in [6.45, 7) is 6.28. The van der Waals surface area contributed by atoms with Crippen molar-refractivity contribution in [3.8, 4) is 0 Å². The summed E-state index contributed by atoms with van der Waals surface area (Å²) >= 11 is 0. The van der Waals surface area contributed by atoms with Gasteiger partial charge in [0.2, 0.25) is 0 Å². The summed E-state index contributed by atoms with van der Waals surface area (Å²) in [5.41, 5.74) is -0.424. The van der Waals surface area contributed by atoms with Gasteiger partial charge in [0.25, 0.3) is 0 Å². The number of aliphatic hydroxyl groups is 1. The van der Waals surface area contributed by atoms with Gasteiger partial charge in [-0.2, -0.15) is 0 Å². The van der Waals surface area contributed by atoms with Gasteiger partial charge in [0.15, 0.2) is 11.6 Å². The van der Waals surface area contributed by atoms with E-state index in [1.54, 1.807) is 20.8 Å². The molecule has 2 aliphatic rings. The minimum absolute atomic E-state index is 0.0401. The molecule has 0 aliphatic carbocycles. The van der Waals surface area contributed by atoms with E-state index in [0.29, 0.717) is 5.69 Å². The molecule has 11 nitrogen and oxygen atoms in total. The van der Waals surface area contributed by atoms with Gasteiger partial charge in [0.05, 0.1) is 31.6 Å². The molecule has 0 bridgehead atoms. The van der Waals surface area contributed by atoms with Gasteiger partial charge < -0.3 is 24.4 Å². The summed E-state index contributed by atoms with van der Waals surface area (Å²) in [6, 6.07) is 2.20. The summed E-state index contributed by atoms with van der Waals surface area (Å²) < 4.78 is 42.1. The maximum absolute atomic E-state index is 15.0. The number of aliphatic hydroxyl groups excluding tert-OH is 1. The highest BCUT2D eigenvalue weighted by molar-refractivity contribution is 5.90. The molecule has 1 aromatic carbocycles. The van der Waals surface area contributed by atoms with Gasteiger partial charge in [0, 0.05) is 38.3 Å². The number of aromatic nitrogens is 3. The van der Waals surface area contributed by atoms with E-state index in [1.165, 1.54) is 20.7 Å². The van der Waals surface area contributed by atoms with E-state index in [1.807, 2.05) is 0 Å². The molecule has 0 saturated carbocycles. The first-order chi connectivity index (χ1) is 16.5. The van der Waals surface area contributed by atoms with Crippen LogP contribution in [0.25, 0.3) is 0 Å². The Morgan fingerprint density at radius 2 is 1.86 bits per heavy atom. The third-order valence-electron chi connectivity index (χ3n) is 5.57. The standard InChI is InChI=1S/C22H28F2N6O5/c1-22(2,3)35-20(32)28-6-4-27(5-7-28)19-17(23)8-15(9-18(19)24)30-12-16(34-21(30)33)11-29-10-14(13-31)25-26-29/h8-10,16,31H,4-7,11-13H2,1-3H3/t16-/m0/s1. The van der Waals surface area contributed by atoms with E-state index in [4.69, 9.17) is 14.6 Å². The second-order valence-corrected chi connectivity index (χ2v) is 9.42. The Balaban J connectivity index is 1.41. The number of carbonyl (C=O) groups excluding carboxylic acids is 2. The number of carbonyl (C=O) groups is 2. The van der Waals surface area contributed by atoms with Crippen LogP contribution in [0.5, 0.6) is 0 Å². The predicted octanol–water partition coefficient (Wildman–Crippen LogP) is 2.13. The Bertz CT molecular complexity index is 1070. The van der Waals surface area contributed by atoms with Crippen LogP contribution in [0.1, 0.15) is 26.5 Å². The van der Waals surface area contributed by atoms with Crippen LogP contribution in [-0.4, -0.2) is 81.6 Å². The highest BCUT2D eigenvalue weighted by Gasteiger charge is 2.35. The van der Waals surface area contributed by atoms with Crippen LogP contribution in [0.2, 0.25) is 0 Å². The van der Waals surface area contributed by atoms with Crippen molar-refractivity contribution in [3.63, 3.8) is 0 Å². The zero-order valence-corrected chi connectivity index (χ0v) is 19.8. The second-order valence-electron chi connectivity index (χ2n) is 9.42. The number of halogens is 2. The number of ether oxygens (including phenoxy) is 2. The average Bonchev–Trinajstić information content (AvgIpc) is 3.38. The van der Waals surface area contributed by atoms with E-state index in [2.05, 4.69) is 10.3 Å². The number of amides is 2. The highest BCUT2D eigenvalue weighted by atomic mass is 19.1. The third kappa shape index (κ3) is 5.61. The Morgan fingerprint density at radius 1 is 1.20 bits per heavy atom. The van der Waals surface area contributed by atoms with E-state index >= 15 is 8.78 Å². The molecular weight excluding hydrogens is 466 g/mol. The zero-order valence-electron chi connectivity index (χ0n) is 19.8. The number of piperazine rings is 1. The van der Waals surface area contributed by atoms with Crippen LogP contribution in [0.3, 0.4) is 0 Å². The van der Waals surface area contributed by atoms with Gasteiger partial charge in [-0.15, -0.1) is 5.10 Å². The topological polar surface area (TPSA) is 113 Å². The average molecular weight is 494 g/mol. The molecule has 3 heterocycles. The predicted molar refractivity (Wildman–Crippen MR) is 120 cm³/mol. The number of rotatable bonds is 5. The third-order valence-corrected chi connectivity index (χ3v) is 5.57. The molecular formula is C22H28F2N6O5. The highest BCUT2D eigenvalue weighted by Crippen LogP contribution is 2.32. The molecule has 1 aromatic heterocycles. The van der Waals surface area contributed by atoms with Crippen molar-refractivity contribution < 1.29 is 33.0 Å². The van der Waals surface area contributed by atoms with Crippen LogP contribution in [-0.2, 0) is 22.6 Å². The van der Waals surface area contributed by atoms with Gasteiger partial charge in [-0.05, 0) is 20.8 Å².